The molecular weight excluding hydrogens is 294 g/mol. The van der Waals surface area contributed by atoms with Crippen molar-refractivity contribution in [2.24, 2.45) is 11.3 Å². The molecule has 1 aliphatic rings. The highest BCUT2D eigenvalue weighted by atomic mass is 79.9. The molecular formula is C13H20BrN3O. The minimum absolute atomic E-state index is 0.0584. The summed E-state index contributed by atoms with van der Waals surface area (Å²) in [6, 6.07) is 0. The van der Waals surface area contributed by atoms with Gasteiger partial charge in [0.2, 0.25) is 0 Å². The van der Waals surface area contributed by atoms with Crippen molar-refractivity contribution in [3.05, 3.63) is 21.0 Å². The molecule has 1 aromatic rings. The van der Waals surface area contributed by atoms with Gasteiger partial charge in [-0.2, -0.15) is 5.10 Å². The number of hydrogen-bond acceptors (Lipinski definition) is 3. The minimum atomic E-state index is -0.0584. The van der Waals surface area contributed by atoms with Gasteiger partial charge in [-0.25, -0.2) is 4.68 Å². The van der Waals surface area contributed by atoms with E-state index in [1.165, 1.54) is 11.1 Å². The van der Waals surface area contributed by atoms with Gasteiger partial charge in [0.15, 0.2) is 0 Å². The van der Waals surface area contributed by atoms with Gasteiger partial charge in [0, 0.05) is 13.1 Å². The molecule has 18 heavy (non-hydrogen) atoms. The SMILES string of the molecule is CCCn1ncc(NCC2CC2(C)C)c(Br)c1=O. The Morgan fingerprint density at radius 1 is 1.61 bits per heavy atom. The summed E-state index contributed by atoms with van der Waals surface area (Å²) in [6.07, 6.45) is 3.89. The predicted octanol–water partition coefficient (Wildman–Crippen LogP) is 2.87. The van der Waals surface area contributed by atoms with Crippen molar-refractivity contribution in [1.82, 2.24) is 9.78 Å². The summed E-state index contributed by atoms with van der Waals surface area (Å²) in [5.41, 5.74) is 1.19. The van der Waals surface area contributed by atoms with Crippen molar-refractivity contribution in [2.45, 2.75) is 40.2 Å². The van der Waals surface area contributed by atoms with Gasteiger partial charge in [0.25, 0.3) is 5.56 Å². The number of nitrogens with zero attached hydrogens (tertiary/aromatic N) is 2. The lowest BCUT2D eigenvalue weighted by Gasteiger charge is -2.10. The van der Waals surface area contributed by atoms with Crippen LogP contribution in [0.1, 0.15) is 33.6 Å². The molecule has 1 heterocycles. The Kier molecular flexibility index (Phi) is 3.80. The fourth-order valence-electron chi connectivity index (χ4n) is 2.12. The van der Waals surface area contributed by atoms with Crippen molar-refractivity contribution in [3.63, 3.8) is 0 Å². The Morgan fingerprint density at radius 2 is 2.28 bits per heavy atom. The van der Waals surface area contributed by atoms with Gasteiger partial charge in [0.1, 0.15) is 4.47 Å². The molecule has 0 amide bonds. The van der Waals surface area contributed by atoms with Gasteiger partial charge in [-0.05, 0) is 40.1 Å². The van der Waals surface area contributed by atoms with Crippen LogP contribution >= 0.6 is 15.9 Å². The quantitative estimate of drug-likeness (QED) is 0.909. The number of aryl methyl sites for hydroxylation is 1. The van der Waals surface area contributed by atoms with E-state index in [-0.39, 0.29) is 5.56 Å². The summed E-state index contributed by atoms with van der Waals surface area (Å²) in [5, 5.41) is 7.49. The first kappa shape index (κ1) is 13.6. The van der Waals surface area contributed by atoms with E-state index in [0.29, 0.717) is 22.4 Å². The molecule has 0 spiro atoms. The van der Waals surface area contributed by atoms with Crippen LogP contribution in [0.4, 0.5) is 5.69 Å². The van der Waals surface area contributed by atoms with Crippen LogP contribution in [-0.4, -0.2) is 16.3 Å². The third-order valence-corrected chi connectivity index (χ3v) is 4.44. The molecule has 1 saturated carbocycles. The summed E-state index contributed by atoms with van der Waals surface area (Å²) in [4.78, 5) is 12.0. The van der Waals surface area contributed by atoms with E-state index in [2.05, 4.69) is 40.2 Å². The van der Waals surface area contributed by atoms with Crippen molar-refractivity contribution in [3.8, 4) is 0 Å². The predicted molar refractivity (Wildman–Crippen MR) is 76.9 cm³/mol. The Labute approximate surface area is 116 Å². The van der Waals surface area contributed by atoms with Gasteiger partial charge < -0.3 is 5.32 Å². The van der Waals surface area contributed by atoms with Crippen molar-refractivity contribution >= 4 is 21.6 Å². The molecule has 1 aliphatic carbocycles. The number of rotatable bonds is 5. The molecule has 4 nitrogen and oxygen atoms in total. The molecule has 1 unspecified atom stereocenters. The molecule has 2 rings (SSSR count). The molecule has 0 aromatic carbocycles. The smallest absolute Gasteiger partial charge is 0.283 e. The third kappa shape index (κ3) is 2.76. The highest BCUT2D eigenvalue weighted by Gasteiger charge is 2.45. The molecule has 0 saturated heterocycles. The maximum Gasteiger partial charge on any atom is 0.283 e. The van der Waals surface area contributed by atoms with Crippen molar-refractivity contribution < 1.29 is 0 Å². The number of halogens is 1. The average Bonchev–Trinajstić information content (AvgIpc) is 2.92. The lowest BCUT2D eigenvalue weighted by Crippen LogP contribution is -2.24. The first-order valence-electron chi connectivity index (χ1n) is 6.45. The van der Waals surface area contributed by atoms with Gasteiger partial charge in [0.05, 0.1) is 11.9 Å². The molecule has 1 N–H and O–H groups in total. The number of hydrogen-bond donors (Lipinski definition) is 1. The van der Waals surface area contributed by atoms with E-state index >= 15 is 0 Å². The fraction of sp³-hybridized carbons (Fsp3) is 0.692. The second-order valence-electron chi connectivity index (χ2n) is 5.67. The monoisotopic (exact) mass is 313 g/mol. The van der Waals surface area contributed by atoms with Crippen LogP contribution in [0.5, 0.6) is 0 Å². The minimum Gasteiger partial charge on any atom is -0.382 e. The standard InChI is InChI=1S/C13H20BrN3O/c1-4-5-17-12(18)11(14)10(8-16-17)15-7-9-6-13(9,2)3/h8-9,15H,4-7H2,1-3H3. The highest BCUT2D eigenvalue weighted by Crippen LogP contribution is 2.51. The summed E-state index contributed by atoms with van der Waals surface area (Å²) in [6.45, 7) is 8.14. The molecule has 0 aliphatic heterocycles. The third-order valence-electron chi connectivity index (χ3n) is 3.68. The zero-order valence-electron chi connectivity index (χ0n) is 11.2. The summed E-state index contributed by atoms with van der Waals surface area (Å²) >= 11 is 3.36. The van der Waals surface area contributed by atoms with E-state index < -0.39 is 0 Å². The van der Waals surface area contributed by atoms with Crippen LogP contribution in [0.25, 0.3) is 0 Å². The van der Waals surface area contributed by atoms with Crippen LogP contribution in [0.3, 0.4) is 0 Å². The lowest BCUT2D eigenvalue weighted by molar-refractivity contribution is 0.562. The van der Waals surface area contributed by atoms with Crippen LogP contribution in [0.15, 0.2) is 15.5 Å². The number of anilines is 1. The first-order valence-corrected chi connectivity index (χ1v) is 7.24. The molecule has 100 valence electrons. The first-order chi connectivity index (χ1) is 8.45. The van der Waals surface area contributed by atoms with Crippen molar-refractivity contribution in [2.75, 3.05) is 11.9 Å². The molecule has 1 fully saturated rings. The topological polar surface area (TPSA) is 46.9 Å². The Hall–Kier alpha value is -0.840. The Balaban J connectivity index is 2.05. The largest absolute Gasteiger partial charge is 0.382 e. The second-order valence-corrected chi connectivity index (χ2v) is 6.46. The number of nitrogens with one attached hydrogen (secondary N) is 1. The molecule has 0 bridgehead atoms. The Morgan fingerprint density at radius 3 is 2.83 bits per heavy atom. The van der Waals surface area contributed by atoms with E-state index in [9.17, 15) is 4.79 Å². The average molecular weight is 314 g/mol. The Bertz CT molecular complexity index is 495. The highest BCUT2D eigenvalue weighted by molar-refractivity contribution is 9.10. The normalized spacial score (nSPS) is 20.8. The van der Waals surface area contributed by atoms with Gasteiger partial charge in [-0.15, -0.1) is 0 Å². The summed E-state index contributed by atoms with van der Waals surface area (Å²) in [5.74, 6) is 0.697. The molecule has 5 heteroatoms. The van der Waals surface area contributed by atoms with E-state index in [1.54, 1.807) is 6.20 Å². The maximum absolute atomic E-state index is 12.0. The van der Waals surface area contributed by atoms with Gasteiger partial charge in [-0.1, -0.05) is 20.8 Å². The summed E-state index contributed by atoms with van der Waals surface area (Å²) < 4.78 is 2.08. The summed E-state index contributed by atoms with van der Waals surface area (Å²) in [7, 11) is 0. The fourth-order valence-corrected chi connectivity index (χ4v) is 2.56. The van der Waals surface area contributed by atoms with E-state index in [0.717, 1.165) is 18.7 Å². The van der Waals surface area contributed by atoms with Crippen LogP contribution in [0, 0.1) is 11.3 Å². The second kappa shape index (κ2) is 5.03. The van der Waals surface area contributed by atoms with Crippen LogP contribution in [-0.2, 0) is 6.54 Å². The van der Waals surface area contributed by atoms with Gasteiger partial charge in [-0.3, -0.25) is 4.79 Å². The molecule has 0 radical (unpaired) electrons. The van der Waals surface area contributed by atoms with E-state index in [1.807, 2.05) is 6.92 Å². The number of aromatic nitrogens is 2. The maximum atomic E-state index is 12.0. The van der Waals surface area contributed by atoms with Gasteiger partial charge >= 0.3 is 0 Å². The molecule has 1 atom stereocenters. The van der Waals surface area contributed by atoms with Crippen LogP contribution < -0.4 is 10.9 Å². The molecule has 1 aromatic heterocycles. The lowest BCUT2D eigenvalue weighted by atomic mass is 10.1. The zero-order valence-corrected chi connectivity index (χ0v) is 12.7. The van der Waals surface area contributed by atoms with Crippen LogP contribution in [0.2, 0.25) is 0 Å². The zero-order chi connectivity index (χ0) is 13.3. The van der Waals surface area contributed by atoms with E-state index in [4.69, 9.17) is 0 Å². The van der Waals surface area contributed by atoms with Crippen molar-refractivity contribution in [1.29, 1.82) is 0 Å².